The van der Waals surface area contributed by atoms with E-state index < -0.39 is 0 Å². The summed E-state index contributed by atoms with van der Waals surface area (Å²) in [6.45, 7) is 6.73. The standard InChI is InChI=1S/C15H14N4.C2H6/c1-11-7-13(8-16)14-9-17-19(15(14)18-11)10-12-5-3-2-4-6-12;1-2/h2-7,9,11,18H,10H2,1H3;1-2H3. The highest BCUT2D eigenvalue weighted by molar-refractivity contribution is 5.85. The van der Waals surface area contributed by atoms with Gasteiger partial charge in [-0.25, -0.2) is 4.68 Å². The highest BCUT2D eigenvalue weighted by Gasteiger charge is 2.20. The Morgan fingerprint density at radius 3 is 2.67 bits per heavy atom. The van der Waals surface area contributed by atoms with Crippen LogP contribution in [-0.2, 0) is 6.54 Å². The van der Waals surface area contributed by atoms with E-state index >= 15 is 0 Å². The molecule has 1 aliphatic heterocycles. The van der Waals surface area contributed by atoms with Crippen molar-refractivity contribution in [1.29, 1.82) is 5.26 Å². The molecule has 0 spiro atoms. The number of nitrogens with one attached hydrogen (secondary N) is 1. The van der Waals surface area contributed by atoms with E-state index in [0.29, 0.717) is 12.1 Å². The van der Waals surface area contributed by atoms with Gasteiger partial charge < -0.3 is 5.32 Å². The predicted molar refractivity (Wildman–Crippen MR) is 85.8 cm³/mol. The molecule has 2 aromatic rings. The normalized spacial score (nSPS) is 15.7. The lowest BCUT2D eigenvalue weighted by atomic mass is 10.0. The van der Waals surface area contributed by atoms with Crippen LogP contribution in [0, 0.1) is 11.3 Å². The quantitative estimate of drug-likeness (QED) is 0.913. The van der Waals surface area contributed by atoms with E-state index in [1.54, 1.807) is 6.20 Å². The molecular weight excluding hydrogens is 260 g/mol. The topological polar surface area (TPSA) is 53.6 Å². The number of benzene rings is 1. The van der Waals surface area contributed by atoms with Crippen LogP contribution in [0.2, 0.25) is 0 Å². The highest BCUT2D eigenvalue weighted by atomic mass is 15.3. The zero-order valence-electron chi connectivity index (χ0n) is 12.7. The average molecular weight is 280 g/mol. The summed E-state index contributed by atoms with van der Waals surface area (Å²) in [6, 6.07) is 12.6. The zero-order valence-corrected chi connectivity index (χ0v) is 12.7. The monoisotopic (exact) mass is 280 g/mol. The minimum absolute atomic E-state index is 0.147. The molecule has 1 N–H and O–H groups in total. The second kappa shape index (κ2) is 6.76. The van der Waals surface area contributed by atoms with Crippen molar-refractivity contribution in [1.82, 2.24) is 9.78 Å². The molecule has 0 saturated carbocycles. The molecule has 0 amide bonds. The van der Waals surface area contributed by atoms with E-state index in [9.17, 15) is 5.26 Å². The molecule has 4 heteroatoms. The lowest BCUT2D eigenvalue weighted by Crippen LogP contribution is -2.20. The minimum Gasteiger partial charge on any atom is -0.364 e. The van der Waals surface area contributed by atoms with Crippen molar-refractivity contribution in [3.63, 3.8) is 0 Å². The molecule has 4 nitrogen and oxygen atoms in total. The maximum Gasteiger partial charge on any atom is 0.133 e. The Morgan fingerprint density at radius 1 is 1.29 bits per heavy atom. The van der Waals surface area contributed by atoms with Crippen molar-refractivity contribution in [3.05, 3.63) is 53.7 Å². The number of nitrogens with zero attached hydrogens (tertiary/aromatic N) is 3. The van der Waals surface area contributed by atoms with Gasteiger partial charge in [-0.3, -0.25) is 0 Å². The Labute approximate surface area is 125 Å². The van der Waals surface area contributed by atoms with Crippen LogP contribution in [0.1, 0.15) is 31.9 Å². The van der Waals surface area contributed by atoms with Crippen LogP contribution in [0.25, 0.3) is 5.57 Å². The fourth-order valence-electron chi connectivity index (χ4n) is 2.31. The van der Waals surface area contributed by atoms with Gasteiger partial charge in [-0.2, -0.15) is 10.4 Å². The maximum atomic E-state index is 9.17. The van der Waals surface area contributed by atoms with Crippen molar-refractivity contribution in [2.45, 2.75) is 33.4 Å². The van der Waals surface area contributed by atoms with Crippen LogP contribution >= 0.6 is 0 Å². The van der Waals surface area contributed by atoms with Crippen LogP contribution in [0.15, 0.2) is 42.6 Å². The fourth-order valence-corrected chi connectivity index (χ4v) is 2.31. The van der Waals surface area contributed by atoms with Gasteiger partial charge >= 0.3 is 0 Å². The van der Waals surface area contributed by atoms with Gasteiger partial charge in [0, 0.05) is 6.04 Å². The first kappa shape index (κ1) is 14.9. The summed E-state index contributed by atoms with van der Waals surface area (Å²) in [4.78, 5) is 0. The second-order valence-electron chi connectivity index (χ2n) is 4.68. The molecule has 1 atom stereocenters. The lowest BCUT2D eigenvalue weighted by molar-refractivity contribution is 0.687. The van der Waals surface area contributed by atoms with Crippen molar-refractivity contribution in [3.8, 4) is 6.07 Å². The number of fused-ring (bicyclic) bond motifs is 1. The van der Waals surface area contributed by atoms with Crippen LogP contribution in [0.4, 0.5) is 5.82 Å². The number of hydrogen-bond donors (Lipinski definition) is 1. The molecule has 0 radical (unpaired) electrons. The van der Waals surface area contributed by atoms with Crippen LogP contribution < -0.4 is 5.32 Å². The molecule has 108 valence electrons. The predicted octanol–water partition coefficient (Wildman–Crippen LogP) is 3.68. The smallest absolute Gasteiger partial charge is 0.133 e. The van der Waals surface area contributed by atoms with E-state index in [4.69, 9.17) is 0 Å². The fraction of sp³-hybridized carbons (Fsp3) is 0.294. The number of nitriles is 1. The number of rotatable bonds is 2. The molecule has 1 unspecified atom stereocenters. The summed E-state index contributed by atoms with van der Waals surface area (Å²) < 4.78 is 1.91. The van der Waals surface area contributed by atoms with E-state index in [1.807, 2.05) is 49.7 Å². The summed E-state index contributed by atoms with van der Waals surface area (Å²) in [5.41, 5.74) is 2.77. The maximum absolute atomic E-state index is 9.17. The minimum atomic E-state index is 0.147. The van der Waals surface area contributed by atoms with Crippen LogP contribution in [0.5, 0.6) is 0 Å². The molecule has 0 fully saturated rings. The Kier molecular flexibility index (Phi) is 4.78. The average Bonchev–Trinajstić information content (AvgIpc) is 2.92. The van der Waals surface area contributed by atoms with Gasteiger partial charge in [-0.1, -0.05) is 44.2 Å². The van der Waals surface area contributed by atoms with Gasteiger partial charge in [0.15, 0.2) is 0 Å². The molecule has 0 saturated heterocycles. The molecule has 0 aliphatic carbocycles. The third kappa shape index (κ3) is 3.14. The molecule has 21 heavy (non-hydrogen) atoms. The Morgan fingerprint density at radius 2 is 2.00 bits per heavy atom. The number of allylic oxidation sites excluding steroid dienone is 1. The molecule has 0 bridgehead atoms. The summed E-state index contributed by atoms with van der Waals surface area (Å²) in [7, 11) is 0. The van der Waals surface area contributed by atoms with E-state index in [2.05, 4.69) is 28.6 Å². The third-order valence-electron chi connectivity index (χ3n) is 3.21. The van der Waals surface area contributed by atoms with Crippen LogP contribution in [0.3, 0.4) is 0 Å². The molecule has 1 aromatic heterocycles. The van der Waals surface area contributed by atoms with Crippen LogP contribution in [-0.4, -0.2) is 15.8 Å². The zero-order chi connectivity index (χ0) is 15.2. The van der Waals surface area contributed by atoms with Crippen molar-refractivity contribution in [2.75, 3.05) is 5.32 Å². The first-order valence-corrected chi connectivity index (χ1v) is 7.26. The first-order chi connectivity index (χ1) is 10.3. The van der Waals surface area contributed by atoms with Gasteiger partial charge in [0.25, 0.3) is 0 Å². The van der Waals surface area contributed by atoms with Gasteiger partial charge in [0.05, 0.1) is 29.9 Å². The van der Waals surface area contributed by atoms with Gasteiger partial charge in [-0.15, -0.1) is 0 Å². The Hall–Kier alpha value is -2.54. The largest absolute Gasteiger partial charge is 0.364 e. The molecule has 1 aliphatic rings. The molecule has 2 heterocycles. The van der Waals surface area contributed by atoms with Gasteiger partial charge in [0.1, 0.15) is 5.82 Å². The van der Waals surface area contributed by atoms with Crippen molar-refractivity contribution < 1.29 is 0 Å². The van der Waals surface area contributed by atoms with E-state index in [-0.39, 0.29) is 6.04 Å². The van der Waals surface area contributed by atoms with Gasteiger partial charge in [0.2, 0.25) is 0 Å². The number of aromatic nitrogens is 2. The molecule has 1 aromatic carbocycles. The number of hydrogen-bond acceptors (Lipinski definition) is 3. The molecular formula is C17H20N4. The summed E-state index contributed by atoms with van der Waals surface area (Å²) in [5.74, 6) is 0.926. The van der Waals surface area contributed by atoms with Crippen molar-refractivity contribution in [2.24, 2.45) is 0 Å². The molecule has 3 rings (SSSR count). The van der Waals surface area contributed by atoms with Crippen molar-refractivity contribution >= 4 is 11.4 Å². The third-order valence-corrected chi connectivity index (χ3v) is 3.21. The second-order valence-corrected chi connectivity index (χ2v) is 4.68. The SMILES string of the molecule is CC.CC1C=C(C#N)c2cnn(Cc3ccccc3)c2N1. The van der Waals surface area contributed by atoms with E-state index in [1.165, 1.54) is 5.56 Å². The van der Waals surface area contributed by atoms with Gasteiger partial charge in [-0.05, 0) is 18.6 Å². The lowest BCUT2D eigenvalue weighted by Gasteiger charge is -2.19. The summed E-state index contributed by atoms with van der Waals surface area (Å²) >= 11 is 0. The first-order valence-electron chi connectivity index (χ1n) is 7.26. The Balaban J connectivity index is 0.000000774. The Bertz CT molecular complexity index is 662. The summed E-state index contributed by atoms with van der Waals surface area (Å²) in [5, 5.41) is 16.9. The van der Waals surface area contributed by atoms with E-state index in [0.717, 1.165) is 11.4 Å². The number of anilines is 1. The highest BCUT2D eigenvalue weighted by Crippen LogP contribution is 2.29. The summed E-state index contributed by atoms with van der Waals surface area (Å²) in [6.07, 6.45) is 3.68.